The van der Waals surface area contributed by atoms with E-state index in [1.54, 1.807) is 18.2 Å². The summed E-state index contributed by atoms with van der Waals surface area (Å²) in [5, 5.41) is 12.3. The average Bonchev–Trinajstić information content (AvgIpc) is 2.43. The first kappa shape index (κ1) is 16.5. The maximum Gasteiger partial charge on any atom is 0.325 e. The van der Waals surface area contributed by atoms with Crippen LogP contribution in [-0.2, 0) is 9.53 Å². The number of rotatable bonds is 10. The normalized spacial score (nSPS) is 12.1. The van der Waals surface area contributed by atoms with Crippen molar-refractivity contribution in [3.8, 4) is 5.75 Å². The van der Waals surface area contributed by atoms with Gasteiger partial charge in [0.1, 0.15) is 11.8 Å². The van der Waals surface area contributed by atoms with Crippen molar-refractivity contribution in [1.29, 1.82) is 0 Å². The van der Waals surface area contributed by atoms with Crippen molar-refractivity contribution in [3.05, 3.63) is 29.8 Å². The van der Waals surface area contributed by atoms with Gasteiger partial charge in [0, 0.05) is 13.2 Å². The molecule has 0 bridgehead atoms. The van der Waals surface area contributed by atoms with Gasteiger partial charge in [0.2, 0.25) is 0 Å². The average molecular weight is 281 g/mol. The third kappa shape index (κ3) is 5.59. The van der Waals surface area contributed by atoms with Crippen LogP contribution in [0.15, 0.2) is 24.3 Å². The zero-order valence-electron chi connectivity index (χ0n) is 12.1. The van der Waals surface area contributed by atoms with Crippen LogP contribution in [0.4, 0.5) is 0 Å². The molecule has 0 radical (unpaired) electrons. The maximum atomic E-state index is 11.4. The minimum Gasteiger partial charge on any atom is -0.494 e. The molecule has 0 aromatic heterocycles. The Labute approximate surface area is 119 Å². The van der Waals surface area contributed by atoms with E-state index in [9.17, 15) is 9.90 Å². The molecule has 2 N–H and O–H groups in total. The van der Waals surface area contributed by atoms with Crippen molar-refractivity contribution in [1.82, 2.24) is 5.32 Å². The fraction of sp³-hybridized carbons (Fsp3) is 0.533. The van der Waals surface area contributed by atoms with Crippen molar-refractivity contribution < 1.29 is 19.4 Å². The summed E-state index contributed by atoms with van der Waals surface area (Å²) < 4.78 is 10.6. The second kappa shape index (κ2) is 9.34. The van der Waals surface area contributed by atoms with E-state index in [4.69, 9.17) is 9.47 Å². The number of carboxylic acids is 1. The number of hydrogen-bond acceptors (Lipinski definition) is 4. The lowest BCUT2D eigenvalue weighted by Gasteiger charge is -2.16. The zero-order chi connectivity index (χ0) is 14.8. The quantitative estimate of drug-likeness (QED) is 0.644. The van der Waals surface area contributed by atoms with Crippen LogP contribution in [0.1, 0.15) is 31.9 Å². The van der Waals surface area contributed by atoms with Crippen molar-refractivity contribution in [3.63, 3.8) is 0 Å². The van der Waals surface area contributed by atoms with E-state index in [2.05, 4.69) is 5.32 Å². The Morgan fingerprint density at radius 2 is 2.15 bits per heavy atom. The molecule has 112 valence electrons. The summed E-state index contributed by atoms with van der Waals surface area (Å²) in [4.78, 5) is 11.4. The Kier molecular flexibility index (Phi) is 7.69. The highest BCUT2D eigenvalue weighted by atomic mass is 16.5. The van der Waals surface area contributed by atoms with E-state index < -0.39 is 12.0 Å². The van der Waals surface area contributed by atoms with Crippen molar-refractivity contribution in [2.45, 2.75) is 26.3 Å². The fourth-order valence-electron chi connectivity index (χ4n) is 1.86. The molecule has 0 amide bonds. The first-order valence-electron chi connectivity index (χ1n) is 6.95. The van der Waals surface area contributed by atoms with Gasteiger partial charge in [-0.3, -0.25) is 4.79 Å². The van der Waals surface area contributed by atoms with Gasteiger partial charge in [-0.15, -0.1) is 0 Å². The highest BCUT2D eigenvalue weighted by molar-refractivity contribution is 5.75. The molecule has 0 saturated carbocycles. The van der Waals surface area contributed by atoms with Crippen LogP contribution in [0.25, 0.3) is 0 Å². The van der Waals surface area contributed by atoms with Crippen LogP contribution >= 0.6 is 0 Å². The zero-order valence-corrected chi connectivity index (χ0v) is 12.1. The summed E-state index contributed by atoms with van der Waals surface area (Å²) in [5.41, 5.74) is 0.694. The van der Waals surface area contributed by atoms with E-state index >= 15 is 0 Å². The predicted molar refractivity (Wildman–Crippen MR) is 77.1 cm³/mol. The van der Waals surface area contributed by atoms with Gasteiger partial charge >= 0.3 is 5.97 Å². The number of nitrogens with one attached hydrogen (secondary N) is 1. The summed E-state index contributed by atoms with van der Waals surface area (Å²) in [6.45, 7) is 6.30. The van der Waals surface area contributed by atoms with Gasteiger partial charge in [-0.1, -0.05) is 12.1 Å². The second-order valence-corrected chi connectivity index (χ2v) is 4.28. The largest absolute Gasteiger partial charge is 0.494 e. The molecule has 1 atom stereocenters. The van der Waals surface area contributed by atoms with Gasteiger partial charge in [-0.05, 0) is 44.5 Å². The van der Waals surface area contributed by atoms with Crippen molar-refractivity contribution >= 4 is 5.97 Å². The van der Waals surface area contributed by atoms with Crippen LogP contribution in [0.2, 0.25) is 0 Å². The molecule has 0 aliphatic carbocycles. The van der Waals surface area contributed by atoms with E-state index in [1.807, 2.05) is 19.9 Å². The molecule has 0 heterocycles. The summed E-state index contributed by atoms with van der Waals surface area (Å²) in [7, 11) is 0. The van der Waals surface area contributed by atoms with Crippen molar-refractivity contribution in [2.24, 2.45) is 0 Å². The Bertz CT molecular complexity index is 409. The Morgan fingerprint density at radius 1 is 1.35 bits per heavy atom. The fourth-order valence-corrected chi connectivity index (χ4v) is 1.86. The number of hydrogen-bond donors (Lipinski definition) is 2. The number of aliphatic carboxylic acids is 1. The third-order valence-corrected chi connectivity index (χ3v) is 2.77. The Morgan fingerprint density at radius 3 is 2.80 bits per heavy atom. The van der Waals surface area contributed by atoms with Crippen LogP contribution in [0, 0.1) is 0 Å². The van der Waals surface area contributed by atoms with Gasteiger partial charge < -0.3 is 19.9 Å². The highest BCUT2D eigenvalue weighted by Crippen LogP contribution is 2.19. The molecule has 5 heteroatoms. The van der Waals surface area contributed by atoms with E-state index in [-0.39, 0.29) is 0 Å². The van der Waals surface area contributed by atoms with Gasteiger partial charge in [0.15, 0.2) is 0 Å². The predicted octanol–water partition coefficient (Wildman–Crippen LogP) is 2.23. The van der Waals surface area contributed by atoms with E-state index in [1.165, 1.54) is 0 Å². The first-order chi connectivity index (χ1) is 9.69. The van der Waals surface area contributed by atoms with Crippen LogP contribution in [-0.4, -0.2) is 37.4 Å². The number of carbonyl (C=O) groups is 1. The number of carboxylic acid groups (broad SMARTS) is 1. The van der Waals surface area contributed by atoms with Crippen LogP contribution < -0.4 is 10.1 Å². The first-order valence-corrected chi connectivity index (χ1v) is 6.95. The van der Waals surface area contributed by atoms with Gasteiger partial charge in [-0.2, -0.15) is 0 Å². The molecule has 20 heavy (non-hydrogen) atoms. The number of ether oxygens (including phenoxy) is 2. The molecule has 1 aromatic rings. The molecule has 0 spiro atoms. The topological polar surface area (TPSA) is 67.8 Å². The van der Waals surface area contributed by atoms with Crippen LogP contribution in [0.3, 0.4) is 0 Å². The molecular weight excluding hydrogens is 258 g/mol. The van der Waals surface area contributed by atoms with Gasteiger partial charge in [-0.25, -0.2) is 0 Å². The summed E-state index contributed by atoms with van der Waals surface area (Å²) in [6.07, 6.45) is 0.781. The van der Waals surface area contributed by atoms with E-state index in [0.29, 0.717) is 37.7 Å². The maximum absolute atomic E-state index is 11.4. The third-order valence-electron chi connectivity index (χ3n) is 2.77. The molecule has 0 saturated heterocycles. The standard InChI is InChI=1S/C15H23NO4/c1-3-19-10-6-9-16-14(15(17)18)12-7-5-8-13(11-12)20-4-2/h5,7-8,11,14,16H,3-4,6,9-10H2,1-2H3,(H,17,18). The summed E-state index contributed by atoms with van der Waals surface area (Å²) in [5.74, 6) is -0.206. The second-order valence-electron chi connectivity index (χ2n) is 4.28. The molecule has 5 nitrogen and oxygen atoms in total. The molecular formula is C15H23NO4. The van der Waals surface area contributed by atoms with Gasteiger partial charge in [0.05, 0.1) is 6.61 Å². The summed E-state index contributed by atoms with van der Waals surface area (Å²) >= 11 is 0. The number of benzene rings is 1. The lowest BCUT2D eigenvalue weighted by molar-refractivity contribution is -0.139. The molecule has 1 rings (SSSR count). The Balaban J connectivity index is 2.61. The minimum atomic E-state index is -0.893. The molecule has 0 fully saturated rings. The smallest absolute Gasteiger partial charge is 0.325 e. The molecule has 1 unspecified atom stereocenters. The minimum absolute atomic E-state index is 0.559. The van der Waals surface area contributed by atoms with E-state index in [0.717, 1.165) is 6.42 Å². The monoisotopic (exact) mass is 281 g/mol. The Hall–Kier alpha value is -1.59. The lowest BCUT2D eigenvalue weighted by Crippen LogP contribution is -2.29. The summed E-state index contributed by atoms with van der Waals surface area (Å²) in [6, 6.07) is 6.45. The molecule has 0 aliphatic heterocycles. The molecule has 1 aromatic carbocycles. The van der Waals surface area contributed by atoms with Crippen LogP contribution in [0.5, 0.6) is 5.75 Å². The SMILES string of the molecule is CCOCCCNC(C(=O)O)c1cccc(OCC)c1. The lowest BCUT2D eigenvalue weighted by atomic mass is 10.1. The highest BCUT2D eigenvalue weighted by Gasteiger charge is 2.19. The van der Waals surface area contributed by atoms with Gasteiger partial charge in [0.25, 0.3) is 0 Å². The molecule has 0 aliphatic rings. The van der Waals surface area contributed by atoms with Crippen molar-refractivity contribution in [2.75, 3.05) is 26.4 Å².